The molecule has 1 saturated heterocycles. The maximum atomic E-state index is 13.1. The summed E-state index contributed by atoms with van der Waals surface area (Å²) in [7, 11) is 0. The van der Waals surface area contributed by atoms with E-state index in [1.165, 1.54) is 23.1 Å². The van der Waals surface area contributed by atoms with Crippen molar-refractivity contribution >= 4 is 29.1 Å². The largest absolute Gasteiger partial charge is 0.391 e. The van der Waals surface area contributed by atoms with E-state index in [2.05, 4.69) is 4.98 Å². The molecule has 0 bridgehead atoms. The standard InChI is InChI=1S/C15H13Cl2FN2O2/c16-11-6-12(19-14(11)17)15(22)20-7-10(21)5-13(20)8-1-3-9(18)4-2-8/h1-4,6,10,13,19,21H,5,7H2/t10-,13-/m0/s1. The van der Waals surface area contributed by atoms with Gasteiger partial charge in [0, 0.05) is 6.54 Å². The average molecular weight is 343 g/mol. The molecule has 1 fully saturated rings. The van der Waals surface area contributed by atoms with E-state index < -0.39 is 6.10 Å². The summed E-state index contributed by atoms with van der Waals surface area (Å²) in [6.45, 7) is 0.204. The van der Waals surface area contributed by atoms with Crippen LogP contribution in [-0.4, -0.2) is 33.5 Å². The van der Waals surface area contributed by atoms with Crippen LogP contribution in [0.4, 0.5) is 4.39 Å². The number of amides is 1. The lowest BCUT2D eigenvalue weighted by atomic mass is 10.0. The van der Waals surface area contributed by atoms with Gasteiger partial charge in [0.15, 0.2) is 0 Å². The van der Waals surface area contributed by atoms with E-state index in [1.807, 2.05) is 0 Å². The predicted molar refractivity (Wildman–Crippen MR) is 81.6 cm³/mol. The number of aromatic nitrogens is 1. The second-order valence-electron chi connectivity index (χ2n) is 5.26. The first-order chi connectivity index (χ1) is 10.5. The van der Waals surface area contributed by atoms with E-state index in [4.69, 9.17) is 23.2 Å². The molecular weight excluding hydrogens is 330 g/mol. The predicted octanol–water partition coefficient (Wildman–Crippen LogP) is 3.41. The number of aliphatic hydroxyl groups is 1. The van der Waals surface area contributed by atoms with E-state index in [1.54, 1.807) is 12.1 Å². The summed E-state index contributed by atoms with van der Waals surface area (Å²) in [6, 6.07) is 7.05. The molecule has 2 N–H and O–H groups in total. The number of aliphatic hydroxyl groups excluding tert-OH is 1. The van der Waals surface area contributed by atoms with Gasteiger partial charge in [-0.1, -0.05) is 35.3 Å². The number of carbonyl (C=O) groups excluding carboxylic acids is 1. The first-order valence-corrected chi connectivity index (χ1v) is 7.50. The highest BCUT2D eigenvalue weighted by Gasteiger charge is 2.36. The Labute approximate surface area is 136 Å². The van der Waals surface area contributed by atoms with Crippen molar-refractivity contribution in [3.63, 3.8) is 0 Å². The third-order valence-corrected chi connectivity index (χ3v) is 4.44. The number of H-pyrrole nitrogens is 1. The van der Waals surface area contributed by atoms with Crippen molar-refractivity contribution in [3.05, 3.63) is 57.6 Å². The zero-order valence-electron chi connectivity index (χ0n) is 11.4. The molecule has 2 heterocycles. The van der Waals surface area contributed by atoms with Gasteiger partial charge in [-0.25, -0.2) is 4.39 Å². The zero-order chi connectivity index (χ0) is 15.9. The molecule has 2 aromatic rings. The number of hydrogen-bond acceptors (Lipinski definition) is 2. The average Bonchev–Trinajstić information content (AvgIpc) is 3.03. The SMILES string of the molecule is O=C(c1cc(Cl)c(Cl)[nH]1)N1C[C@@H](O)C[C@H]1c1ccc(F)cc1. The number of halogens is 3. The van der Waals surface area contributed by atoms with Crippen molar-refractivity contribution in [2.24, 2.45) is 0 Å². The Balaban J connectivity index is 1.90. The summed E-state index contributed by atoms with van der Waals surface area (Å²) < 4.78 is 13.1. The summed E-state index contributed by atoms with van der Waals surface area (Å²) >= 11 is 11.7. The Hall–Kier alpha value is -1.56. The Kier molecular flexibility index (Phi) is 4.12. The van der Waals surface area contributed by atoms with Crippen LogP contribution in [0, 0.1) is 5.82 Å². The Morgan fingerprint density at radius 2 is 2.00 bits per heavy atom. The van der Waals surface area contributed by atoms with Gasteiger partial charge in [-0.3, -0.25) is 4.79 Å². The highest BCUT2D eigenvalue weighted by atomic mass is 35.5. The monoisotopic (exact) mass is 342 g/mol. The summed E-state index contributed by atoms with van der Waals surface area (Å²) in [6.07, 6.45) is -0.223. The van der Waals surface area contributed by atoms with Crippen LogP contribution in [0.5, 0.6) is 0 Å². The van der Waals surface area contributed by atoms with Crippen LogP contribution in [0.2, 0.25) is 10.2 Å². The van der Waals surface area contributed by atoms with Gasteiger partial charge in [-0.05, 0) is 30.2 Å². The van der Waals surface area contributed by atoms with Crippen LogP contribution in [0.25, 0.3) is 0 Å². The van der Waals surface area contributed by atoms with Crippen LogP contribution in [0.1, 0.15) is 28.5 Å². The molecule has 1 aromatic carbocycles. The molecule has 1 aliphatic rings. The van der Waals surface area contributed by atoms with Gasteiger partial charge in [0.1, 0.15) is 16.7 Å². The van der Waals surface area contributed by atoms with Crippen molar-refractivity contribution in [2.45, 2.75) is 18.6 Å². The number of nitrogens with zero attached hydrogens (tertiary/aromatic N) is 1. The van der Waals surface area contributed by atoms with Crippen molar-refractivity contribution < 1.29 is 14.3 Å². The van der Waals surface area contributed by atoms with Gasteiger partial charge in [0.05, 0.1) is 17.2 Å². The first-order valence-electron chi connectivity index (χ1n) is 6.74. The number of benzene rings is 1. The van der Waals surface area contributed by atoms with E-state index in [0.29, 0.717) is 6.42 Å². The van der Waals surface area contributed by atoms with Crippen LogP contribution < -0.4 is 0 Å². The molecular formula is C15H13Cl2FN2O2. The fraction of sp³-hybridized carbons (Fsp3) is 0.267. The lowest BCUT2D eigenvalue weighted by Crippen LogP contribution is -2.32. The second kappa shape index (κ2) is 5.91. The van der Waals surface area contributed by atoms with E-state index in [9.17, 15) is 14.3 Å². The summed E-state index contributed by atoms with van der Waals surface area (Å²) in [5.74, 6) is -0.650. The topological polar surface area (TPSA) is 56.3 Å². The van der Waals surface area contributed by atoms with E-state index >= 15 is 0 Å². The Morgan fingerprint density at radius 3 is 2.59 bits per heavy atom. The Morgan fingerprint density at radius 1 is 1.32 bits per heavy atom. The Bertz CT molecular complexity index is 683. The third-order valence-electron chi connectivity index (χ3n) is 3.75. The smallest absolute Gasteiger partial charge is 0.270 e. The van der Waals surface area contributed by atoms with Crippen molar-refractivity contribution in [1.29, 1.82) is 0 Å². The first kappa shape index (κ1) is 15.3. The van der Waals surface area contributed by atoms with E-state index in [-0.39, 0.29) is 40.2 Å². The molecule has 0 radical (unpaired) electrons. The molecule has 1 aromatic heterocycles. The van der Waals surface area contributed by atoms with Crippen molar-refractivity contribution in [2.75, 3.05) is 6.54 Å². The summed E-state index contributed by atoms with van der Waals surface area (Å²) in [4.78, 5) is 16.9. The molecule has 2 atom stereocenters. The maximum Gasteiger partial charge on any atom is 0.270 e. The van der Waals surface area contributed by atoms with Crippen LogP contribution in [0.3, 0.4) is 0 Å². The third kappa shape index (κ3) is 2.84. The van der Waals surface area contributed by atoms with Gasteiger partial charge < -0.3 is 15.0 Å². The molecule has 0 spiro atoms. The molecule has 4 nitrogen and oxygen atoms in total. The lowest BCUT2D eigenvalue weighted by Gasteiger charge is -2.24. The molecule has 1 amide bonds. The number of rotatable bonds is 2. The molecule has 0 saturated carbocycles. The van der Waals surface area contributed by atoms with Gasteiger partial charge in [-0.2, -0.15) is 0 Å². The number of nitrogens with one attached hydrogen (secondary N) is 1. The molecule has 22 heavy (non-hydrogen) atoms. The minimum atomic E-state index is -0.625. The van der Waals surface area contributed by atoms with Gasteiger partial charge in [0.2, 0.25) is 0 Å². The molecule has 116 valence electrons. The fourth-order valence-electron chi connectivity index (χ4n) is 2.71. The van der Waals surface area contributed by atoms with Gasteiger partial charge in [-0.15, -0.1) is 0 Å². The highest BCUT2D eigenvalue weighted by molar-refractivity contribution is 6.41. The number of hydrogen-bond donors (Lipinski definition) is 2. The molecule has 7 heteroatoms. The minimum absolute atomic E-state index is 0.197. The number of β-amino-alcohol motifs (C(OH)–C–C–N with tert-alkyl or cyclic N) is 1. The maximum absolute atomic E-state index is 13.1. The van der Waals surface area contributed by atoms with Crippen LogP contribution in [-0.2, 0) is 0 Å². The number of carbonyl (C=O) groups is 1. The summed E-state index contributed by atoms with van der Waals surface area (Å²) in [5.41, 5.74) is 1.03. The zero-order valence-corrected chi connectivity index (χ0v) is 12.9. The second-order valence-corrected chi connectivity index (χ2v) is 6.04. The van der Waals surface area contributed by atoms with Crippen LogP contribution >= 0.6 is 23.2 Å². The van der Waals surface area contributed by atoms with Crippen molar-refractivity contribution in [3.8, 4) is 0 Å². The minimum Gasteiger partial charge on any atom is -0.391 e. The van der Waals surface area contributed by atoms with E-state index in [0.717, 1.165) is 5.56 Å². The molecule has 1 aliphatic heterocycles. The fourth-order valence-corrected chi connectivity index (χ4v) is 3.03. The number of aromatic amines is 1. The summed E-state index contributed by atoms with van der Waals surface area (Å²) in [5, 5.41) is 10.4. The highest BCUT2D eigenvalue weighted by Crippen LogP contribution is 2.34. The number of likely N-dealkylation sites (tertiary alicyclic amines) is 1. The normalized spacial score (nSPS) is 21.4. The molecule has 0 aliphatic carbocycles. The van der Waals surface area contributed by atoms with Gasteiger partial charge in [0.25, 0.3) is 5.91 Å². The van der Waals surface area contributed by atoms with Crippen LogP contribution in [0.15, 0.2) is 30.3 Å². The lowest BCUT2D eigenvalue weighted by molar-refractivity contribution is 0.0710. The van der Waals surface area contributed by atoms with Gasteiger partial charge >= 0.3 is 0 Å². The molecule has 3 rings (SSSR count). The van der Waals surface area contributed by atoms with Crippen molar-refractivity contribution in [1.82, 2.24) is 9.88 Å². The molecule has 0 unspecified atom stereocenters. The quantitative estimate of drug-likeness (QED) is 0.878.